The Labute approximate surface area is 123 Å². The van der Waals surface area contributed by atoms with Crippen molar-refractivity contribution in [3.8, 4) is 0 Å². The van der Waals surface area contributed by atoms with Crippen molar-refractivity contribution in [2.75, 3.05) is 6.61 Å². The molecule has 1 aliphatic carbocycles. The van der Waals surface area contributed by atoms with Gasteiger partial charge in [-0.2, -0.15) is 0 Å². The molecule has 2 aliphatic rings. The van der Waals surface area contributed by atoms with Crippen molar-refractivity contribution in [1.82, 2.24) is 4.90 Å². The third-order valence-electron chi connectivity index (χ3n) is 4.43. The van der Waals surface area contributed by atoms with Gasteiger partial charge in [0, 0.05) is 6.04 Å². The molecule has 4 unspecified atom stereocenters. The van der Waals surface area contributed by atoms with Crippen LogP contribution < -0.4 is 5.73 Å². The highest BCUT2D eigenvalue weighted by Crippen LogP contribution is 2.40. The van der Waals surface area contributed by atoms with Crippen LogP contribution in [0, 0.1) is 5.92 Å². The Morgan fingerprint density at radius 3 is 2.62 bits per heavy atom. The zero-order valence-electron chi connectivity index (χ0n) is 12.2. The van der Waals surface area contributed by atoms with Crippen LogP contribution in [0.3, 0.4) is 0 Å². The number of fused-ring (bicyclic) bond motifs is 1. The van der Waals surface area contributed by atoms with Crippen LogP contribution >= 0.6 is 0 Å². The Hall–Kier alpha value is -1.63. The highest BCUT2D eigenvalue weighted by Gasteiger charge is 2.49. The van der Waals surface area contributed by atoms with E-state index in [1.54, 1.807) is 6.92 Å². The summed E-state index contributed by atoms with van der Waals surface area (Å²) < 4.78 is 4.76. The number of hydrogen-bond acceptors (Lipinski definition) is 5. The molecule has 118 valence electrons. The number of nitrogens with two attached hydrogens (primary N) is 1. The summed E-state index contributed by atoms with van der Waals surface area (Å²) in [6.45, 7) is 1.76. The largest absolute Gasteiger partial charge is 0.480 e. The molecule has 0 spiro atoms. The molecule has 1 amide bonds. The second-order valence-corrected chi connectivity index (χ2v) is 5.68. The highest BCUT2D eigenvalue weighted by atomic mass is 16.5. The topological polar surface area (TPSA) is 110 Å². The van der Waals surface area contributed by atoms with Crippen LogP contribution in [0.1, 0.15) is 39.0 Å². The van der Waals surface area contributed by atoms with Crippen LogP contribution in [0.25, 0.3) is 0 Å². The lowest BCUT2D eigenvalue weighted by atomic mass is 9.84. The van der Waals surface area contributed by atoms with Gasteiger partial charge in [-0.15, -0.1) is 0 Å². The van der Waals surface area contributed by atoms with E-state index < -0.39 is 29.9 Å². The third kappa shape index (κ3) is 3.02. The monoisotopic (exact) mass is 298 g/mol. The number of rotatable bonds is 4. The van der Waals surface area contributed by atoms with E-state index in [0.717, 1.165) is 25.7 Å². The molecule has 1 saturated carbocycles. The molecular weight excluding hydrogens is 276 g/mol. The summed E-state index contributed by atoms with van der Waals surface area (Å²) >= 11 is 0. The lowest BCUT2D eigenvalue weighted by Crippen LogP contribution is -2.55. The predicted molar refractivity (Wildman–Crippen MR) is 73.2 cm³/mol. The van der Waals surface area contributed by atoms with Gasteiger partial charge < -0.3 is 20.5 Å². The van der Waals surface area contributed by atoms with Crippen LogP contribution in [-0.4, -0.2) is 52.6 Å². The molecule has 7 heteroatoms. The Morgan fingerprint density at radius 1 is 1.33 bits per heavy atom. The summed E-state index contributed by atoms with van der Waals surface area (Å²) in [5.41, 5.74) is 5.65. The van der Waals surface area contributed by atoms with Crippen LogP contribution in [0.4, 0.5) is 0 Å². The molecule has 1 aliphatic heterocycles. The van der Waals surface area contributed by atoms with Gasteiger partial charge in [-0.05, 0) is 32.1 Å². The van der Waals surface area contributed by atoms with E-state index in [2.05, 4.69) is 0 Å². The second-order valence-electron chi connectivity index (χ2n) is 5.68. The molecule has 21 heavy (non-hydrogen) atoms. The van der Waals surface area contributed by atoms with E-state index in [1.807, 2.05) is 0 Å². The first-order chi connectivity index (χ1) is 9.97. The number of amides is 1. The molecule has 0 radical (unpaired) electrons. The maximum absolute atomic E-state index is 12.5. The van der Waals surface area contributed by atoms with Crippen molar-refractivity contribution in [1.29, 1.82) is 0 Å². The number of carbonyl (C=O) groups is 3. The molecule has 0 aromatic rings. The van der Waals surface area contributed by atoms with Crippen LogP contribution in [-0.2, 0) is 19.1 Å². The first kappa shape index (κ1) is 15.8. The maximum Gasteiger partial charge on any atom is 0.332 e. The standard InChI is InChI=1S/C14H22N2O5/c1-2-21-14(20)11(15)12(17)16-9-6-4-3-5-8(9)7-10(16)13(18)19/h8-11H,2-7,15H2,1H3,(H,18,19). The fourth-order valence-corrected chi connectivity index (χ4v) is 3.49. The van der Waals surface area contributed by atoms with Crippen molar-refractivity contribution < 1.29 is 24.2 Å². The van der Waals surface area contributed by atoms with Gasteiger partial charge in [0.25, 0.3) is 5.91 Å². The van der Waals surface area contributed by atoms with Gasteiger partial charge in [-0.1, -0.05) is 12.8 Å². The summed E-state index contributed by atoms with van der Waals surface area (Å²) in [4.78, 5) is 36.9. The maximum atomic E-state index is 12.5. The molecule has 0 aromatic carbocycles. The lowest BCUT2D eigenvalue weighted by Gasteiger charge is -2.34. The number of carbonyl (C=O) groups excluding carboxylic acids is 2. The number of nitrogens with zero attached hydrogens (tertiary/aromatic N) is 1. The fraction of sp³-hybridized carbons (Fsp3) is 0.786. The van der Waals surface area contributed by atoms with Gasteiger partial charge in [0.2, 0.25) is 0 Å². The molecule has 0 aromatic heterocycles. The molecular formula is C14H22N2O5. The van der Waals surface area contributed by atoms with Crippen LogP contribution in [0.2, 0.25) is 0 Å². The Morgan fingerprint density at radius 2 is 2.00 bits per heavy atom. The number of esters is 1. The normalized spacial score (nSPS) is 29.6. The quantitative estimate of drug-likeness (QED) is 0.563. The highest BCUT2D eigenvalue weighted by molar-refractivity contribution is 6.03. The average Bonchev–Trinajstić information content (AvgIpc) is 2.85. The molecule has 2 fully saturated rings. The van der Waals surface area contributed by atoms with Crippen molar-refractivity contribution in [3.63, 3.8) is 0 Å². The Balaban J connectivity index is 2.18. The zero-order valence-corrected chi connectivity index (χ0v) is 12.2. The Kier molecular flexibility index (Phi) is 4.82. The molecule has 2 rings (SSSR count). The predicted octanol–water partition coefficient (Wildman–Crippen LogP) is 0.121. The SMILES string of the molecule is CCOC(=O)C(N)C(=O)N1C(C(=O)O)CC2CCCCC21. The first-order valence-corrected chi connectivity index (χ1v) is 7.44. The number of carboxylic acid groups (broad SMARTS) is 1. The van der Waals surface area contributed by atoms with Gasteiger partial charge in [-0.3, -0.25) is 4.79 Å². The number of aliphatic carboxylic acids is 1. The average molecular weight is 298 g/mol. The summed E-state index contributed by atoms with van der Waals surface area (Å²) in [6.07, 6.45) is 4.16. The van der Waals surface area contributed by atoms with Gasteiger partial charge in [-0.25, -0.2) is 9.59 Å². The number of ether oxygens (including phenoxy) is 1. The second kappa shape index (κ2) is 6.43. The molecule has 4 atom stereocenters. The minimum absolute atomic E-state index is 0.118. The van der Waals surface area contributed by atoms with Gasteiger partial charge in [0.05, 0.1) is 6.61 Å². The van der Waals surface area contributed by atoms with E-state index >= 15 is 0 Å². The molecule has 1 saturated heterocycles. The van der Waals surface area contributed by atoms with Crippen molar-refractivity contribution in [2.45, 2.75) is 57.2 Å². The number of likely N-dealkylation sites (tertiary alicyclic amines) is 1. The van der Waals surface area contributed by atoms with Gasteiger partial charge in [0.1, 0.15) is 6.04 Å². The van der Waals surface area contributed by atoms with Crippen molar-refractivity contribution >= 4 is 17.8 Å². The molecule has 7 nitrogen and oxygen atoms in total. The van der Waals surface area contributed by atoms with E-state index in [0.29, 0.717) is 6.42 Å². The van der Waals surface area contributed by atoms with E-state index in [9.17, 15) is 19.5 Å². The van der Waals surface area contributed by atoms with E-state index in [4.69, 9.17) is 10.5 Å². The first-order valence-electron chi connectivity index (χ1n) is 7.44. The van der Waals surface area contributed by atoms with Crippen LogP contribution in [0.15, 0.2) is 0 Å². The minimum Gasteiger partial charge on any atom is -0.480 e. The molecule has 0 bridgehead atoms. The van der Waals surface area contributed by atoms with Crippen LogP contribution in [0.5, 0.6) is 0 Å². The smallest absolute Gasteiger partial charge is 0.332 e. The van der Waals surface area contributed by atoms with Gasteiger partial charge in [0.15, 0.2) is 6.04 Å². The zero-order chi connectivity index (χ0) is 15.6. The van der Waals surface area contributed by atoms with E-state index in [-0.39, 0.29) is 18.6 Å². The molecule has 1 heterocycles. The summed E-state index contributed by atoms with van der Waals surface area (Å²) in [7, 11) is 0. The minimum atomic E-state index is -1.44. The third-order valence-corrected chi connectivity index (χ3v) is 4.43. The summed E-state index contributed by atoms with van der Waals surface area (Å²) in [5.74, 6) is -2.27. The summed E-state index contributed by atoms with van der Waals surface area (Å²) in [6, 6.07) is -2.44. The summed E-state index contributed by atoms with van der Waals surface area (Å²) in [5, 5.41) is 9.35. The molecule has 3 N–H and O–H groups in total. The Bertz CT molecular complexity index is 439. The van der Waals surface area contributed by atoms with Crippen molar-refractivity contribution in [3.05, 3.63) is 0 Å². The van der Waals surface area contributed by atoms with E-state index in [1.165, 1.54) is 4.90 Å². The lowest BCUT2D eigenvalue weighted by molar-refractivity contribution is -0.156. The number of carboxylic acids is 1. The fourth-order valence-electron chi connectivity index (χ4n) is 3.49. The number of hydrogen-bond donors (Lipinski definition) is 2. The van der Waals surface area contributed by atoms with Crippen molar-refractivity contribution in [2.24, 2.45) is 11.7 Å². The van der Waals surface area contributed by atoms with Gasteiger partial charge >= 0.3 is 11.9 Å².